The maximum atomic E-state index is 12.9. The first-order valence-corrected chi connectivity index (χ1v) is 8.82. The van der Waals surface area contributed by atoms with Gasteiger partial charge in [-0.15, -0.1) is 0 Å². The second-order valence-corrected chi connectivity index (χ2v) is 6.83. The maximum Gasteiger partial charge on any atom is 0.356 e. The van der Waals surface area contributed by atoms with Crippen molar-refractivity contribution in [2.75, 3.05) is 18.9 Å². The minimum absolute atomic E-state index is 0.0678. The molecule has 1 saturated carbocycles. The topological polar surface area (TPSA) is 100 Å². The second kappa shape index (κ2) is 6.44. The van der Waals surface area contributed by atoms with Gasteiger partial charge in [-0.25, -0.2) is 9.78 Å². The summed E-state index contributed by atoms with van der Waals surface area (Å²) in [5.41, 5.74) is 2.17. The third kappa shape index (κ3) is 2.91. The average Bonchev–Trinajstić information content (AvgIpc) is 3.40. The number of anilines is 1. The number of aromatic carboxylic acids is 1. The molecule has 0 atom stereocenters. The molecular weight excluding hydrogens is 334 g/mol. The van der Waals surface area contributed by atoms with Crippen LogP contribution in [0.25, 0.3) is 0 Å². The van der Waals surface area contributed by atoms with Crippen LogP contribution in [-0.2, 0) is 19.5 Å². The fourth-order valence-electron chi connectivity index (χ4n) is 3.48. The monoisotopic (exact) mass is 355 g/mol. The largest absolute Gasteiger partial charge is 0.476 e. The smallest absolute Gasteiger partial charge is 0.356 e. The van der Waals surface area contributed by atoms with Crippen LogP contribution in [0.15, 0.2) is 18.3 Å². The Morgan fingerprint density at radius 1 is 1.38 bits per heavy atom. The van der Waals surface area contributed by atoms with Crippen LogP contribution < -0.4 is 5.32 Å². The summed E-state index contributed by atoms with van der Waals surface area (Å²) in [6.45, 7) is 1.58. The van der Waals surface area contributed by atoms with Gasteiger partial charge in [-0.05, 0) is 30.9 Å². The van der Waals surface area contributed by atoms with E-state index in [1.807, 2.05) is 4.68 Å². The molecule has 2 aromatic heterocycles. The summed E-state index contributed by atoms with van der Waals surface area (Å²) in [4.78, 5) is 30.4. The molecule has 1 fully saturated rings. The van der Waals surface area contributed by atoms with Crippen molar-refractivity contribution in [2.45, 2.75) is 32.4 Å². The lowest BCUT2D eigenvalue weighted by Gasteiger charge is -2.28. The van der Waals surface area contributed by atoms with E-state index in [-0.39, 0.29) is 18.1 Å². The molecule has 1 amide bonds. The standard InChI is InChI=1S/C18H21N5O3/c1-19-16-12(3-2-7-20-16)17(24)22-8-6-14-13(10-22)15(18(25)26)21-23(14)9-11-4-5-11/h2-3,7,11H,4-6,8-10H2,1H3,(H,19,20)(H,25,26). The van der Waals surface area contributed by atoms with Crippen LogP contribution in [-0.4, -0.2) is 50.2 Å². The number of carbonyl (C=O) groups is 2. The number of pyridine rings is 1. The molecule has 8 heteroatoms. The van der Waals surface area contributed by atoms with Crippen molar-refractivity contribution in [3.8, 4) is 0 Å². The van der Waals surface area contributed by atoms with Crippen LogP contribution in [0.3, 0.4) is 0 Å². The number of amides is 1. The fraction of sp³-hybridized carbons (Fsp3) is 0.444. The molecule has 136 valence electrons. The van der Waals surface area contributed by atoms with Gasteiger partial charge in [-0.1, -0.05) is 0 Å². The van der Waals surface area contributed by atoms with Crippen LogP contribution >= 0.6 is 0 Å². The summed E-state index contributed by atoms with van der Waals surface area (Å²) in [6.07, 6.45) is 4.59. The van der Waals surface area contributed by atoms with Crippen LogP contribution in [0.4, 0.5) is 5.82 Å². The van der Waals surface area contributed by atoms with Gasteiger partial charge in [-0.3, -0.25) is 9.48 Å². The average molecular weight is 355 g/mol. The number of nitrogens with zero attached hydrogens (tertiary/aromatic N) is 4. The highest BCUT2D eigenvalue weighted by atomic mass is 16.4. The minimum atomic E-state index is -1.04. The van der Waals surface area contributed by atoms with E-state index in [0.717, 1.165) is 12.2 Å². The summed E-state index contributed by atoms with van der Waals surface area (Å²) in [7, 11) is 1.72. The Balaban J connectivity index is 1.63. The van der Waals surface area contributed by atoms with E-state index in [1.54, 1.807) is 30.3 Å². The van der Waals surface area contributed by atoms with Gasteiger partial charge in [0, 0.05) is 44.0 Å². The summed E-state index contributed by atoms with van der Waals surface area (Å²) < 4.78 is 1.85. The second-order valence-electron chi connectivity index (χ2n) is 6.83. The molecule has 4 rings (SSSR count). The first-order valence-electron chi connectivity index (χ1n) is 8.82. The van der Waals surface area contributed by atoms with Crippen molar-refractivity contribution in [3.05, 3.63) is 40.8 Å². The Morgan fingerprint density at radius 3 is 2.88 bits per heavy atom. The highest BCUT2D eigenvalue weighted by Gasteiger charge is 2.33. The minimum Gasteiger partial charge on any atom is -0.476 e. The van der Waals surface area contributed by atoms with Crippen LogP contribution in [0.1, 0.15) is 44.9 Å². The molecule has 0 saturated heterocycles. The van der Waals surface area contributed by atoms with Crippen molar-refractivity contribution in [1.82, 2.24) is 19.7 Å². The normalized spacial score (nSPS) is 16.3. The lowest BCUT2D eigenvalue weighted by molar-refractivity contribution is 0.0674. The third-order valence-corrected chi connectivity index (χ3v) is 5.03. The van der Waals surface area contributed by atoms with Gasteiger partial charge in [-0.2, -0.15) is 5.10 Å². The van der Waals surface area contributed by atoms with Gasteiger partial charge in [0.15, 0.2) is 5.69 Å². The lowest BCUT2D eigenvalue weighted by Crippen LogP contribution is -2.37. The van der Waals surface area contributed by atoms with Gasteiger partial charge >= 0.3 is 5.97 Å². The molecule has 3 heterocycles. The Labute approximate surface area is 150 Å². The molecule has 0 bridgehead atoms. The highest BCUT2D eigenvalue weighted by Crippen LogP contribution is 2.33. The molecule has 2 aliphatic rings. The molecule has 2 N–H and O–H groups in total. The van der Waals surface area contributed by atoms with E-state index in [9.17, 15) is 14.7 Å². The fourth-order valence-corrected chi connectivity index (χ4v) is 3.48. The van der Waals surface area contributed by atoms with Crippen molar-refractivity contribution in [3.63, 3.8) is 0 Å². The Bertz CT molecular complexity index is 872. The first-order chi connectivity index (χ1) is 12.6. The molecule has 1 aliphatic heterocycles. The zero-order chi connectivity index (χ0) is 18.3. The van der Waals surface area contributed by atoms with Crippen molar-refractivity contribution in [2.24, 2.45) is 5.92 Å². The number of hydrogen-bond donors (Lipinski definition) is 2. The number of hydrogen-bond acceptors (Lipinski definition) is 5. The van der Waals surface area contributed by atoms with Crippen molar-refractivity contribution in [1.29, 1.82) is 0 Å². The summed E-state index contributed by atoms with van der Waals surface area (Å²) in [6, 6.07) is 3.45. The van der Waals surface area contributed by atoms with E-state index in [2.05, 4.69) is 15.4 Å². The molecule has 8 nitrogen and oxygen atoms in total. The number of carbonyl (C=O) groups excluding carboxylic acids is 1. The van der Waals surface area contributed by atoms with Crippen LogP contribution in [0, 0.1) is 5.92 Å². The van der Waals surface area contributed by atoms with Gasteiger partial charge in [0.05, 0.1) is 12.1 Å². The number of rotatable bonds is 5. The van der Waals surface area contributed by atoms with Crippen molar-refractivity contribution < 1.29 is 14.7 Å². The molecule has 0 radical (unpaired) electrons. The third-order valence-electron chi connectivity index (χ3n) is 5.03. The number of carboxylic acids is 1. The summed E-state index contributed by atoms with van der Waals surface area (Å²) >= 11 is 0. The highest BCUT2D eigenvalue weighted by molar-refractivity contribution is 5.99. The summed E-state index contributed by atoms with van der Waals surface area (Å²) in [5, 5.41) is 16.8. The number of nitrogens with one attached hydrogen (secondary N) is 1. The van der Waals surface area contributed by atoms with Gasteiger partial charge < -0.3 is 15.3 Å². The van der Waals surface area contributed by atoms with Crippen molar-refractivity contribution >= 4 is 17.7 Å². The van der Waals surface area contributed by atoms with E-state index in [0.29, 0.717) is 35.8 Å². The molecule has 0 unspecified atom stereocenters. The van der Waals surface area contributed by atoms with Gasteiger partial charge in [0.1, 0.15) is 5.82 Å². The molecule has 0 spiro atoms. The quantitative estimate of drug-likeness (QED) is 0.845. The SMILES string of the molecule is CNc1ncccc1C(=O)N1CCc2c(c(C(=O)O)nn2CC2CC2)C1. The predicted molar refractivity (Wildman–Crippen MR) is 94.1 cm³/mol. The number of aromatic nitrogens is 3. The molecule has 2 aromatic rings. The van der Waals surface area contributed by atoms with Gasteiger partial charge in [0.25, 0.3) is 5.91 Å². The Morgan fingerprint density at radius 2 is 2.19 bits per heavy atom. The van der Waals surface area contributed by atoms with Crippen LogP contribution in [0.2, 0.25) is 0 Å². The Hall–Kier alpha value is -2.90. The Kier molecular flexibility index (Phi) is 4.10. The predicted octanol–water partition coefficient (Wildman–Crippen LogP) is 1.63. The number of carboxylic acid groups (broad SMARTS) is 1. The van der Waals surface area contributed by atoms with Crippen LogP contribution in [0.5, 0.6) is 0 Å². The summed E-state index contributed by atoms with van der Waals surface area (Å²) in [5.74, 6) is -0.0677. The van der Waals surface area contributed by atoms with E-state index in [4.69, 9.17) is 0 Å². The number of fused-ring (bicyclic) bond motifs is 1. The lowest BCUT2D eigenvalue weighted by atomic mass is 10.0. The zero-order valence-electron chi connectivity index (χ0n) is 14.6. The van der Waals surface area contributed by atoms with Gasteiger partial charge in [0.2, 0.25) is 0 Å². The maximum absolute atomic E-state index is 12.9. The van der Waals surface area contributed by atoms with E-state index in [1.165, 1.54) is 12.8 Å². The van der Waals surface area contributed by atoms with E-state index < -0.39 is 5.97 Å². The first kappa shape index (κ1) is 16.6. The molecule has 0 aromatic carbocycles. The zero-order valence-corrected chi connectivity index (χ0v) is 14.6. The van der Waals surface area contributed by atoms with E-state index >= 15 is 0 Å². The molecular formula is C18H21N5O3. The molecule has 26 heavy (non-hydrogen) atoms. The molecule has 1 aliphatic carbocycles.